The second-order valence-corrected chi connectivity index (χ2v) is 9.99. The van der Waals surface area contributed by atoms with E-state index in [4.69, 9.17) is 9.47 Å². The molecule has 1 saturated heterocycles. The molecule has 4 aromatic rings. The van der Waals surface area contributed by atoms with Crippen molar-refractivity contribution < 1.29 is 9.47 Å². The molecular weight excluding hydrogens is 438 g/mol. The van der Waals surface area contributed by atoms with E-state index in [0.717, 1.165) is 31.1 Å². The van der Waals surface area contributed by atoms with Crippen LogP contribution in [0.4, 0.5) is 0 Å². The summed E-state index contributed by atoms with van der Waals surface area (Å²) in [5.41, 5.74) is 3.94. The zero-order valence-corrected chi connectivity index (χ0v) is 20.8. The van der Waals surface area contributed by atoms with E-state index in [-0.39, 0.29) is 0 Å². The van der Waals surface area contributed by atoms with Crippen molar-refractivity contribution in [2.24, 2.45) is 0 Å². The number of rotatable bonds is 9. The Labute approximate surface area is 206 Å². The highest BCUT2D eigenvalue weighted by molar-refractivity contribution is 7.22. The van der Waals surface area contributed by atoms with Crippen LogP contribution in [-0.4, -0.2) is 37.7 Å². The van der Waals surface area contributed by atoms with E-state index in [0.29, 0.717) is 6.61 Å². The Morgan fingerprint density at radius 3 is 2.26 bits per heavy atom. The molecule has 0 N–H and O–H groups in total. The van der Waals surface area contributed by atoms with Crippen molar-refractivity contribution in [1.82, 2.24) is 4.90 Å². The molecule has 0 radical (unpaired) electrons. The Hall–Kier alpha value is -2.82. The summed E-state index contributed by atoms with van der Waals surface area (Å²) in [6.45, 7) is 6.92. The SMILES string of the molecule is CCOc1ccc(-c2sc3ccccc3c2Cc2ccc(OCCN3CCCCC3)cc2)cc1. The summed E-state index contributed by atoms with van der Waals surface area (Å²) < 4.78 is 13.0. The molecule has 0 atom stereocenters. The van der Waals surface area contributed by atoms with Gasteiger partial charge in [-0.25, -0.2) is 0 Å². The second-order valence-electron chi connectivity index (χ2n) is 8.93. The molecule has 1 fully saturated rings. The first kappa shape index (κ1) is 22.9. The highest BCUT2D eigenvalue weighted by Crippen LogP contribution is 2.40. The van der Waals surface area contributed by atoms with Gasteiger partial charge in [-0.2, -0.15) is 0 Å². The summed E-state index contributed by atoms with van der Waals surface area (Å²) in [7, 11) is 0. The summed E-state index contributed by atoms with van der Waals surface area (Å²) >= 11 is 1.87. The highest BCUT2D eigenvalue weighted by Gasteiger charge is 2.15. The lowest BCUT2D eigenvalue weighted by molar-refractivity contribution is 0.183. The number of nitrogens with zero attached hydrogens (tertiary/aromatic N) is 1. The molecule has 4 heteroatoms. The average Bonchev–Trinajstić information content (AvgIpc) is 3.25. The largest absolute Gasteiger partial charge is 0.494 e. The Balaban J connectivity index is 1.31. The third-order valence-electron chi connectivity index (χ3n) is 6.55. The molecule has 2 heterocycles. The van der Waals surface area contributed by atoms with E-state index in [1.54, 1.807) is 0 Å². The molecule has 176 valence electrons. The minimum atomic E-state index is 0.686. The van der Waals surface area contributed by atoms with Gasteiger partial charge in [0.2, 0.25) is 0 Å². The van der Waals surface area contributed by atoms with Gasteiger partial charge in [0.1, 0.15) is 18.1 Å². The monoisotopic (exact) mass is 471 g/mol. The van der Waals surface area contributed by atoms with Crippen LogP contribution >= 0.6 is 11.3 Å². The van der Waals surface area contributed by atoms with Gasteiger partial charge in [-0.1, -0.05) is 36.8 Å². The molecule has 3 aromatic carbocycles. The van der Waals surface area contributed by atoms with Crippen LogP contribution in [0.25, 0.3) is 20.5 Å². The molecule has 34 heavy (non-hydrogen) atoms. The number of hydrogen-bond acceptors (Lipinski definition) is 4. The zero-order valence-electron chi connectivity index (χ0n) is 20.0. The summed E-state index contributed by atoms with van der Waals surface area (Å²) in [5.74, 6) is 1.88. The van der Waals surface area contributed by atoms with Crippen LogP contribution in [0.5, 0.6) is 11.5 Å². The predicted octanol–water partition coefficient (Wildman–Crippen LogP) is 7.42. The van der Waals surface area contributed by atoms with Gasteiger partial charge >= 0.3 is 0 Å². The maximum absolute atomic E-state index is 6.04. The van der Waals surface area contributed by atoms with Crippen molar-refractivity contribution in [3.63, 3.8) is 0 Å². The van der Waals surface area contributed by atoms with E-state index in [1.165, 1.54) is 64.0 Å². The molecule has 1 aromatic heterocycles. The lowest BCUT2D eigenvalue weighted by atomic mass is 9.99. The Kier molecular flexibility index (Phi) is 7.47. The molecule has 0 unspecified atom stereocenters. The first-order valence-electron chi connectivity index (χ1n) is 12.5. The summed E-state index contributed by atoms with van der Waals surface area (Å²) in [6.07, 6.45) is 4.92. The average molecular weight is 472 g/mol. The molecule has 3 nitrogen and oxygen atoms in total. The smallest absolute Gasteiger partial charge is 0.119 e. The van der Waals surface area contributed by atoms with Gasteiger partial charge in [-0.05, 0) is 104 Å². The van der Waals surface area contributed by atoms with Crippen LogP contribution in [0.2, 0.25) is 0 Å². The molecule has 0 amide bonds. The topological polar surface area (TPSA) is 21.7 Å². The Morgan fingerprint density at radius 2 is 1.50 bits per heavy atom. The van der Waals surface area contributed by atoms with Crippen LogP contribution in [-0.2, 0) is 6.42 Å². The lowest BCUT2D eigenvalue weighted by Gasteiger charge is -2.26. The summed E-state index contributed by atoms with van der Waals surface area (Å²) in [5, 5.41) is 1.35. The van der Waals surface area contributed by atoms with Crippen molar-refractivity contribution in [1.29, 1.82) is 0 Å². The lowest BCUT2D eigenvalue weighted by Crippen LogP contribution is -2.33. The van der Waals surface area contributed by atoms with Crippen molar-refractivity contribution >= 4 is 21.4 Å². The number of ether oxygens (including phenoxy) is 2. The molecule has 5 rings (SSSR count). The zero-order chi connectivity index (χ0) is 23.2. The van der Waals surface area contributed by atoms with Crippen molar-refractivity contribution in [2.75, 3.05) is 32.8 Å². The molecule has 0 saturated carbocycles. The summed E-state index contributed by atoms with van der Waals surface area (Å²) in [6, 6.07) is 25.9. The molecule has 0 aliphatic carbocycles. The molecule has 1 aliphatic rings. The van der Waals surface area contributed by atoms with Crippen LogP contribution < -0.4 is 9.47 Å². The van der Waals surface area contributed by atoms with Gasteiger partial charge in [0, 0.05) is 16.1 Å². The van der Waals surface area contributed by atoms with Crippen molar-refractivity contribution in [3.05, 3.63) is 83.9 Å². The molecule has 1 aliphatic heterocycles. The van der Waals surface area contributed by atoms with Gasteiger partial charge in [0.15, 0.2) is 0 Å². The van der Waals surface area contributed by atoms with Gasteiger partial charge in [0.05, 0.1) is 6.61 Å². The van der Waals surface area contributed by atoms with Gasteiger partial charge in [-0.3, -0.25) is 4.90 Å². The van der Waals surface area contributed by atoms with Crippen molar-refractivity contribution in [2.45, 2.75) is 32.6 Å². The van der Waals surface area contributed by atoms with E-state index >= 15 is 0 Å². The fourth-order valence-electron chi connectivity index (χ4n) is 4.76. The quantitative estimate of drug-likeness (QED) is 0.253. The second kappa shape index (κ2) is 11.1. The van der Waals surface area contributed by atoms with Crippen LogP contribution in [0.15, 0.2) is 72.8 Å². The Bertz CT molecular complexity index is 1190. The summed E-state index contributed by atoms with van der Waals surface area (Å²) in [4.78, 5) is 3.85. The number of fused-ring (bicyclic) bond motifs is 1. The van der Waals surface area contributed by atoms with Crippen LogP contribution in [0, 0.1) is 0 Å². The standard InChI is InChI=1S/C30H33NO2S/c1-2-32-25-16-12-24(13-17-25)30-28(27-8-4-5-9-29(27)34-30)22-23-10-14-26(15-11-23)33-21-20-31-18-6-3-7-19-31/h4-5,8-17H,2-3,6-7,18-22H2,1H3. The minimum absolute atomic E-state index is 0.686. The number of thiophene rings is 1. The van der Waals surface area contributed by atoms with Gasteiger partial charge in [-0.15, -0.1) is 11.3 Å². The molecule has 0 bridgehead atoms. The van der Waals surface area contributed by atoms with Crippen LogP contribution in [0.3, 0.4) is 0 Å². The predicted molar refractivity (Wildman–Crippen MR) is 143 cm³/mol. The Morgan fingerprint density at radius 1 is 0.794 bits per heavy atom. The fraction of sp³-hybridized carbons (Fsp3) is 0.333. The van der Waals surface area contributed by atoms with Gasteiger partial charge in [0.25, 0.3) is 0 Å². The first-order chi connectivity index (χ1) is 16.8. The number of benzene rings is 3. The van der Waals surface area contributed by atoms with E-state index < -0.39 is 0 Å². The highest BCUT2D eigenvalue weighted by atomic mass is 32.1. The number of likely N-dealkylation sites (tertiary alicyclic amines) is 1. The minimum Gasteiger partial charge on any atom is -0.494 e. The maximum atomic E-state index is 6.04. The van der Waals surface area contributed by atoms with Crippen molar-refractivity contribution in [3.8, 4) is 21.9 Å². The van der Waals surface area contributed by atoms with E-state index in [1.807, 2.05) is 18.3 Å². The number of hydrogen-bond donors (Lipinski definition) is 0. The third-order valence-corrected chi connectivity index (χ3v) is 7.82. The fourth-order valence-corrected chi connectivity index (χ4v) is 5.99. The molecular formula is C30H33NO2S. The number of piperidine rings is 1. The first-order valence-corrected chi connectivity index (χ1v) is 13.3. The van der Waals surface area contributed by atoms with Crippen LogP contribution in [0.1, 0.15) is 37.3 Å². The maximum Gasteiger partial charge on any atom is 0.119 e. The molecule has 0 spiro atoms. The van der Waals surface area contributed by atoms with E-state index in [2.05, 4.69) is 77.7 Å². The van der Waals surface area contributed by atoms with Gasteiger partial charge < -0.3 is 9.47 Å². The normalized spacial score (nSPS) is 14.4. The van der Waals surface area contributed by atoms with E-state index in [9.17, 15) is 0 Å². The third kappa shape index (κ3) is 5.45.